The first kappa shape index (κ1) is 18.2. The number of fused-ring (bicyclic) bond motifs is 2. The van der Waals surface area contributed by atoms with E-state index in [1.807, 2.05) is 10.9 Å². The van der Waals surface area contributed by atoms with Crippen LogP contribution >= 0.6 is 0 Å². The zero-order chi connectivity index (χ0) is 19.0. The molecule has 1 aromatic heterocycles. The second-order valence-corrected chi connectivity index (χ2v) is 9.63. The largest absolute Gasteiger partial charge is 0.337 e. The molecule has 0 aliphatic carbocycles. The van der Waals surface area contributed by atoms with Gasteiger partial charge in [-0.05, 0) is 49.8 Å². The first-order valence-electron chi connectivity index (χ1n) is 9.38. The minimum Gasteiger partial charge on any atom is -0.337 e. The lowest BCUT2D eigenvalue weighted by Crippen LogP contribution is -2.47. The molecule has 27 heavy (non-hydrogen) atoms. The maximum absolute atomic E-state index is 12.8. The standard InChI is InChI=1S/C19H24N4O3S/c1-27(25,26)18-7-2-14(3-8-18)4-9-19(24)23-15-5-6-16(23)13-17(12-15)22-11-10-20-21-22/h2-3,7-8,10-11,15-17H,4-6,9,12-13H2,1H3. The van der Waals surface area contributed by atoms with E-state index in [1.165, 1.54) is 6.26 Å². The fourth-order valence-electron chi connectivity index (χ4n) is 4.47. The van der Waals surface area contributed by atoms with E-state index < -0.39 is 9.84 Å². The fourth-order valence-corrected chi connectivity index (χ4v) is 5.10. The van der Waals surface area contributed by atoms with Crippen molar-refractivity contribution in [2.75, 3.05) is 6.26 Å². The summed E-state index contributed by atoms with van der Waals surface area (Å²) in [5.74, 6) is 0.201. The molecule has 4 rings (SSSR count). The van der Waals surface area contributed by atoms with Crippen LogP contribution in [-0.2, 0) is 21.1 Å². The van der Waals surface area contributed by atoms with E-state index in [0.29, 0.717) is 23.8 Å². The van der Waals surface area contributed by atoms with Gasteiger partial charge in [-0.3, -0.25) is 4.79 Å². The van der Waals surface area contributed by atoms with Gasteiger partial charge in [-0.15, -0.1) is 5.10 Å². The molecule has 0 radical (unpaired) electrons. The van der Waals surface area contributed by atoms with Crippen LogP contribution in [0.1, 0.15) is 43.7 Å². The molecule has 2 atom stereocenters. The van der Waals surface area contributed by atoms with Crippen LogP contribution in [0.2, 0.25) is 0 Å². The summed E-state index contributed by atoms with van der Waals surface area (Å²) in [6.07, 6.45) is 9.89. The molecule has 2 aliphatic heterocycles. The summed E-state index contributed by atoms with van der Waals surface area (Å²) in [4.78, 5) is 15.3. The number of carbonyl (C=O) groups excluding carboxylic acids is 1. The van der Waals surface area contributed by atoms with E-state index in [9.17, 15) is 13.2 Å². The van der Waals surface area contributed by atoms with E-state index in [0.717, 1.165) is 31.2 Å². The van der Waals surface area contributed by atoms with Gasteiger partial charge in [0.2, 0.25) is 5.91 Å². The molecule has 2 saturated heterocycles. The first-order chi connectivity index (χ1) is 12.9. The molecular formula is C19H24N4O3S. The SMILES string of the molecule is CS(=O)(=O)c1ccc(CCC(=O)N2C3CCC2CC(n2ccnn2)C3)cc1. The van der Waals surface area contributed by atoms with Gasteiger partial charge in [0.25, 0.3) is 0 Å². The summed E-state index contributed by atoms with van der Waals surface area (Å²) in [5.41, 5.74) is 0.987. The minimum absolute atomic E-state index is 0.201. The molecule has 2 fully saturated rings. The van der Waals surface area contributed by atoms with Crippen LogP contribution in [0.3, 0.4) is 0 Å². The molecule has 1 aromatic carbocycles. The van der Waals surface area contributed by atoms with Gasteiger partial charge >= 0.3 is 0 Å². The van der Waals surface area contributed by atoms with E-state index in [-0.39, 0.29) is 18.0 Å². The number of nitrogens with zero attached hydrogens (tertiary/aromatic N) is 4. The summed E-state index contributed by atoms with van der Waals surface area (Å²) in [7, 11) is -3.18. The number of hydrogen-bond acceptors (Lipinski definition) is 5. The average Bonchev–Trinajstić information content (AvgIpc) is 3.26. The lowest BCUT2D eigenvalue weighted by atomic mass is 9.96. The van der Waals surface area contributed by atoms with Gasteiger partial charge in [0.1, 0.15) is 0 Å². The van der Waals surface area contributed by atoms with Gasteiger partial charge in [-0.2, -0.15) is 0 Å². The molecule has 1 amide bonds. The van der Waals surface area contributed by atoms with E-state index in [2.05, 4.69) is 15.2 Å². The van der Waals surface area contributed by atoms with Gasteiger partial charge in [-0.25, -0.2) is 13.1 Å². The second kappa shape index (κ2) is 7.07. The number of piperidine rings is 1. The van der Waals surface area contributed by atoms with Gasteiger partial charge in [-0.1, -0.05) is 17.3 Å². The van der Waals surface area contributed by atoms with Crippen molar-refractivity contribution in [1.29, 1.82) is 0 Å². The third-order valence-electron chi connectivity index (χ3n) is 5.79. The predicted octanol–water partition coefficient (Wildman–Crippen LogP) is 2.01. The van der Waals surface area contributed by atoms with Gasteiger partial charge in [0, 0.05) is 31.0 Å². The van der Waals surface area contributed by atoms with Gasteiger partial charge < -0.3 is 4.90 Å². The maximum atomic E-state index is 12.8. The number of hydrogen-bond donors (Lipinski definition) is 0. The normalized spacial score (nSPS) is 24.9. The van der Waals surface area contributed by atoms with E-state index in [4.69, 9.17) is 0 Å². The Morgan fingerprint density at radius 1 is 1.11 bits per heavy atom. The third-order valence-corrected chi connectivity index (χ3v) is 6.92. The van der Waals surface area contributed by atoms with Crippen LogP contribution in [0, 0.1) is 0 Å². The number of carbonyl (C=O) groups is 1. The number of amides is 1. The molecule has 0 N–H and O–H groups in total. The van der Waals surface area contributed by atoms with Crippen LogP contribution in [0.15, 0.2) is 41.6 Å². The van der Waals surface area contributed by atoms with Crippen LogP contribution in [-0.4, -0.2) is 52.6 Å². The predicted molar refractivity (Wildman–Crippen MR) is 99.8 cm³/mol. The first-order valence-corrected chi connectivity index (χ1v) is 11.3. The van der Waals surface area contributed by atoms with Crippen LogP contribution in [0.25, 0.3) is 0 Å². The second-order valence-electron chi connectivity index (χ2n) is 7.61. The molecular weight excluding hydrogens is 364 g/mol. The Kier molecular flexibility index (Phi) is 4.75. The highest BCUT2D eigenvalue weighted by Crippen LogP contribution is 2.40. The highest BCUT2D eigenvalue weighted by molar-refractivity contribution is 7.90. The zero-order valence-corrected chi connectivity index (χ0v) is 16.2. The van der Waals surface area contributed by atoms with Gasteiger partial charge in [0.15, 0.2) is 9.84 Å². The van der Waals surface area contributed by atoms with Crippen LogP contribution in [0.5, 0.6) is 0 Å². The lowest BCUT2D eigenvalue weighted by molar-refractivity contribution is -0.136. The summed E-state index contributed by atoms with van der Waals surface area (Å²) in [6.45, 7) is 0. The number of aromatic nitrogens is 3. The topological polar surface area (TPSA) is 85.2 Å². The van der Waals surface area contributed by atoms with E-state index in [1.54, 1.807) is 30.5 Å². The van der Waals surface area contributed by atoms with Crippen molar-refractivity contribution in [2.24, 2.45) is 0 Å². The summed E-state index contributed by atoms with van der Waals surface area (Å²) in [5, 5.41) is 8.03. The Hall–Kier alpha value is -2.22. The quantitative estimate of drug-likeness (QED) is 0.782. The number of benzene rings is 1. The molecule has 0 spiro atoms. The van der Waals surface area contributed by atoms with Crippen molar-refractivity contribution < 1.29 is 13.2 Å². The Labute approximate surface area is 159 Å². The maximum Gasteiger partial charge on any atom is 0.223 e. The lowest BCUT2D eigenvalue weighted by Gasteiger charge is -2.39. The van der Waals surface area contributed by atoms with Crippen molar-refractivity contribution in [1.82, 2.24) is 19.9 Å². The summed E-state index contributed by atoms with van der Waals surface area (Å²) in [6, 6.07) is 7.74. The third kappa shape index (κ3) is 3.76. The Balaban J connectivity index is 1.37. The number of aryl methyl sites for hydroxylation is 1. The highest BCUT2D eigenvalue weighted by atomic mass is 32.2. The summed E-state index contributed by atoms with van der Waals surface area (Å²) >= 11 is 0. The molecule has 8 heteroatoms. The van der Waals surface area contributed by atoms with Crippen molar-refractivity contribution in [3.8, 4) is 0 Å². The van der Waals surface area contributed by atoms with Crippen molar-refractivity contribution in [3.63, 3.8) is 0 Å². The zero-order valence-electron chi connectivity index (χ0n) is 15.4. The molecule has 3 heterocycles. The molecule has 144 valence electrons. The fraction of sp³-hybridized carbons (Fsp3) is 0.526. The Morgan fingerprint density at radius 2 is 1.78 bits per heavy atom. The van der Waals surface area contributed by atoms with Crippen molar-refractivity contribution >= 4 is 15.7 Å². The smallest absolute Gasteiger partial charge is 0.223 e. The molecule has 2 unspecified atom stereocenters. The Morgan fingerprint density at radius 3 is 2.33 bits per heavy atom. The molecule has 0 saturated carbocycles. The van der Waals surface area contributed by atoms with Crippen LogP contribution in [0.4, 0.5) is 0 Å². The number of rotatable bonds is 5. The Bertz CT molecular complexity index is 895. The van der Waals surface area contributed by atoms with Crippen molar-refractivity contribution in [2.45, 2.75) is 61.5 Å². The molecule has 7 nitrogen and oxygen atoms in total. The summed E-state index contributed by atoms with van der Waals surface area (Å²) < 4.78 is 25.0. The molecule has 2 aromatic rings. The van der Waals surface area contributed by atoms with Crippen molar-refractivity contribution in [3.05, 3.63) is 42.2 Å². The van der Waals surface area contributed by atoms with Crippen LogP contribution < -0.4 is 0 Å². The highest BCUT2D eigenvalue weighted by Gasteiger charge is 2.43. The molecule has 2 bridgehead atoms. The molecule has 2 aliphatic rings. The minimum atomic E-state index is -3.18. The average molecular weight is 388 g/mol. The monoisotopic (exact) mass is 388 g/mol. The van der Waals surface area contributed by atoms with Gasteiger partial charge in [0.05, 0.1) is 17.1 Å². The van der Waals surface area contributed by atoms with E-state index >= 15 is 0 Å². The number of sulfone groups is 1.